The first kappa shape index (κ1) is 23.0. The van der Waals surface area contributed by atoms with Crippen LogP contribution in [0, 0.1) is 0 Å². The van der Waals surface area contributed by atoms with Gasteiger partial charge in [0.2, 0.25) is 0 Å². The molecule has 0 atom stereocenters. The van der Waals surface area contributed by atoms with Crippen molar-refractivity contribution in [1.29, 1.82) is 0 Å². The minimum atomic E-state index is 0.536. The lowest BCUT2D eigenvalue weighted by molar-refractivity contribution is 0.0776. The van der Waals surface area contributed by atoms with Crippen LogP contribution >= 0.6 is 0 Å². The van der Waals surface area contributed by atoms with Gasteiger partial charge >= 0.3 is 0 Å². The first-order valence-electron chi connectivity index (χ1n) is 11.9. The maximum atomic E-state index is 6.06. The molecule has 4 rings (SSSR count). The topological polar surface area (TPSA) is 68.7 Å². The van der Waals surface area contributed by atoms with Gasteiger partial charge in [0, 0.05) is 56.7 Å². The molecule has 32 heavy (non-hydrogen) atoms. The largest absolute Gasteiger partial charge is 0.491 e. The van der Waals surface area contributed by atoms with Crippen LogP contribution in [0.2, 0.25) is 0 Å². The van der Waals surface area contributed by atoms with Crippen molar-refractivity contribution in [2.75, 3.05) is 46.6 Å². The predicted octanol–water partition coefficient (Wildman–Crippen LogP) is 3.21. The molecule has 2 fully saturated rings. The number of likely N-dealkylation sites (tertiary alicyclic amines) is 1. The summed E-state index contributed by atoms with van der Waals surface area (Å²) in [4.78, 5) is 11.6. The Balaban J connectivity index is 1.31. The number of hydrogen-bond acceptors (Lipinski definition) is 7. The zero-order valence-corrected chi connectivity index (χ0v) is 19.2. The Morgan fingerprint density at radius 2 is 1.91 bits per heavy atom. The van der Waals surface area contributed by atoms with Crippen LogP contribution in [0.1, 0.15) is 49.1 Å². The molecular formula is C25H36N4O3. The minimum absolute atomic E-state index is 0.536. The van der Waals surface area contributed by atoms with Crippen LogP contribution in [0.25, 0.3) is 0 Å². The highest BCUT2D eigenvalue weighted by atomic mass is 16.5. The minimum Gasteiger partial charge on any atom is -0.491 e. The molecule has 4 heterocycles. The summed E-state index contributed by atoms with van der Waals surface area (Å²) in [6.45, 7) is 6.78. The van der Waals surface area contributed by atoms with Crippen molar-refractivity contribution < 1.29 is 14.2 Å². The lowest BCUT2D eigenvalue weighted by atomic mass is 10.1. The SMILES string of the molecule is COc1cnc(Cc2cc(CNC3CCOCC3)ccn2)cc1OCCCN1CCCC1. The molecule has 1 N–H and O–H groups in total. The number of methoxy groups -OCH3 is 1. The Labute approximate surface area is 191 Å². The monoisotopic (exact) mass is 440 g/mol. The molecular weight excluding hydrogens is 404 g/mol. The van der Waals surface area contributed by atoms with E-state index in [2.05, 4.69) is 32.3 Å². The smallest absolute Gasteiger partial charge is 0.179 e. The molecule has 0 saturated carbocycles. The van der Waals surface area contributed by atoms with Crippen molar-refractivity contribution in [2.45, 2.75) is 51.1 Å². The molecule has 2 saturated heterocycles. The number of ether oxygens (including phenoxy) is 3. The molecule has 0 unspecified atom stereocenters. The van der Waals surface area contributed by atoms with Crippen LogP contribution < -0.4 is 14.8 Å². The van der Waals surface area contributed by atoms with E-state index < -0.39 is 0 Å². The Morgan fingerprint density at radius 3 is 2.72 bits per heavy atom. The van der Waals surface area contributed by atoms with E-state index >= 15 is 0 Å². The van der Waals surface area contributed by atoms with Crippen molar-refractivity contribution in [3.63, 3.8) is 0 Å². The third-order valence-corrected chi connectivity index (χ3v) is 6.24. The van der Waals surface area contributed by atoms with Crippen LogP contribution in [0.3, 0.4) is 0 Å². The Bertz CT molecular complexity index is 836. The number of aromatic nitrogens is 2. The van der Waals surface area contributed by atoms with E-state index in [-0.39, 0.29) is 0 Å². The van der Waals surface area contributed by atoms with Gasteiger partial charge in [0.1, 0.15) is 0 Å². The molecule has 0 radical (unpaired) electrons. The molecule has 0 amide bonds. The van der Waals surface area contributed by atoms with Gasteiger partial charge in [-0.05, 0) is 62.9 Å². The van der Waals surface area contributed by atoms with E-state index in [1.807, 2.05) is 12.3 Å². The maximum Gasteiger partial charge on any atom is 0.179 e. The lowest BCUT2D eigenvalue weighted by Crippen LogP contribution is -2.34. The molecule has 0 aromatic carbocycles. The van der Waals surface area contributed by atoms with Crippen molar-refractivity contribution in [2.24, 2.45) is 0 Å². The summed E-state index contributed by atoms with van der Waals surface area (Å²) in [5.41, 5.74) is 3.18. The number of hydrogen-bond donors (Lipinski definition) is 1. The second-order valence-corrected chi connectivity index (χ2v) is 8.68. The number of nitrogens with one attached hydrogen (secondary N) is 1. The van der Waals surface area contributed by atoms with Gasteiger partial charge in [0.25, 0.3) is 0 Å². The number of pyridine rings is 2. The second-order valence-electron chi connectivity index (χ2n) is 8.68. The van der Waals surface area contributed by atoms with Crippen LogP contribution in [0.15, 0.2) is 30.6 Å². The summed E-state index contributed by atoms with van der Waals surface area (Å²) in [7, 11) is 1.66. The predicted molar refractivity (Wildman–Crippen MR) is 124 cm³/mol. The summed E-state index contributed by atoms with van der Waals surface area (Å²) in [6, 6.07) is 6.76. The maximum absolute atomic E-state index is 6.06. The summed E-state index contributed by atoms with van der Waals surface area (Å²) < 4.78 is 17.0. The van der Waals surface area contributed by atoms with Gasteiger partial charge in [-0.25, -0.2) is 0 Å². The summed E-state index contributed by atoms with van der Waals surface area (Å²) in [5, 5.41) is 3.64. The first-order chi connectivity index (χ1) is 15.8. The van der Waals surface area contributed by atoms with Crippen molar-refractivity contribution >= 4 is 0 Å². The number of nitrogens with zero attached hydrogens (tertiary/aromatic N) is 3. The highest BCUT2D eigenvalue weighted by Crippen LogP contribution is 2.27. The Morgan fingerprint density at radius 1 is 1.09 bits per heavy atom. The van der Waals surface area contributed by atoms with Gasteiger partial charge in [-0.1, -0.05) is 0 Å². The normalized spacial score (nSPS) is 17.5. The molecule has 7 nitrogen and oxygen atoms in total. The zero-order chi connectivity index (χ0) is 22.0. The van der Waals surface area contributed by atoms with Crippen LogP contribution in [0.4, 0.5) is 0 Å². The molecule has 7 heteroatoms. The van der Waals surface area contributed by atoms with E-state index in [1.165, 1.54) is 31.5 Å². The van der Waals surface area contributed by atoms with E-state index in [4.69, 9.17) is 14.2 Å². The zero-order valence-electron chi connectivity index (χ0n) is 19.2. The Hall–Kier alpha value is -2.22. The fourth-order valence-corrected chi connectivity index (χ4v) is 4.39. The quantitative estimate of drug-likeness (QED) is 0.538. The molecule has 2 aliphatic rings. The molecule has 2 aliphatic heterocycles. The average molecular weight is 441 g/mol. The molecule has 0 aliphatic carbocycles. The van der Waals surface area contributed by atoms with Crippen molar-refractivity contribution in [1.82, 2.24) is 20.2 Å². The molecule has 2 aromatic heterocycles. The van der Waals surface area contributed by atoms with Gasteiger partial charge < -0.3 is 24.4 Å². The van der Waals surface area contributed by atoms with Gasteiger partial charge in [0.05, 0.1) is 25.6 Å². The number of rotatable bonds is 11. The van der Waals surface area contributed by atoms with E-state index in [0.717, 1.165) is 62.7 Å². The summed E-state index contributed by atoms with van der Waals surface area (Å²) in [5.74, 6) is 1.44. The standard InChI is InChI=1S/C25H36N4O3/c1-30-25-19-28-23(17-24(25)32-12-4-11-29-9-2-3-10-29)16-22-15-20(5-8-26-22)18-27-21-6-13-31-14-7-21/h5,8,15,17,19,21,27H,2-4,6-7,9-14,16,18H2,1H3. The fraction of sp³-hybridized carbons (Fsp3) is 0.600. The van der Waals surface area contributed by atoms with Crippen LogP contribution in [0.5, 0.6) is 11.5 Å². The van der Waals surface area contributed by atoms with Gasteiger partial charge in [-0.15, -0.1) is 0 Å². The van der Waals surface area contributed by atoms with E-state index in [0.29, 0.717) is 24.8 Å². The third kappa shape index (κ3) is 6.89. The van der Waals surface area contributed by atoms with Crippen LogP contribution in [-0.4, -0.2) is 67.5 Å². The van der Waals surface area contributed by atoms with Crippen molar-refractivity contribution in [3.05, 3.63) is 47.5 Å². The fourth-order valence-electron chi connectivity index (χ4n) is 4.39. The summed E-state index contributed by atoms with van der Waals surface area (Å²) in [6.07, 6.45) is 10.1. The van der Waals surface area contributed by atoms with Gasteiger partial charge in [0.15, 0.2) is 11.5 Å². The highest BCUT2D eigenvalue weighted by Gasteiger charge is 2.14. The third-order valence-electron chi connectivity index (χ3n) is 6.24. The highest BCUT2D eigenvalue weighted by molar-refractivity contribution is 5.40. The van der Waals surface area contributed by atoms with E-state index in [9.17, 15) is 0 Å². The van der Waals surface area contributed by atoms with Gasteiger partial charge in [-0.2, -0.15) is 0 Å². The molecule has 0 bridgehead atoms. The van der Waals surface area contributed by atoms with Gasteiger partial charge in [-0.3, -0.25) is 9.97 Å². The molecule has 2 aromatic rings. The van der Waals surface area contributed by atoms with Crippen molar-refractivity contribution in [3.8, 4) is 11.5 Å². The second kappa shape index (κ2) is 12.1. The van der Waals surface area contributed by atoms with E-state index in [1.54, 1.807) is 13.3 Å². The average Bonchev–Trinajstić information content (AvgIpc) is 3.35. The molecule has 174 valence electrons. The summed E-state index contributed by atoms with van der Waals surface area (Å²) >= 11 is 0. The van der Waals surface area contributed by atoms with Crippen LogP contribution in [-0.2, 0) is 17.7 Å². The first-order valence-corrected chi connectivity index (χ1v) is 11.9. The lowest BCUT2D eigenvalue weighted by Gasteiger charge is -2.23. The molecule has 0 spiro atoms. The Kier molecular flexibility index (Phi) is 8.71.